The van der Waals surface area contributed by atoms with Gasteiger partial charge in [-0.15, -0.1) is 0 Å². The maximum atomic E-state index is 10.6. The van der Waals surface area contributed by atoms with E-state index in [-0.39, 0.29) is 0 Å². The summed E-state index contributed by atoms with van der Waals surface area (Å²) in [7, 11) is 0. The summed E-state index contributed by atoms with van der Waals surface area (Å²) in [5, 5.41) is 31.0. The Hall–Kier alpha value is -1.74. The maximum absolute atomic E-state index is 10.6. The Balaban J connectivity index is 2.13. The van der Waals surface area contributed by atoms with Crippen molar-refractivity contribution in [3.05, 3.63) is 18.6 Å². The number of anilines is 1. The van der Waals surface area contributed by atoms with Crippen LogP contribution in [0, 0.1) is 0 Å². The van der Waals surface area contributed by atoms with Gasteiger partial charge in [0.25, 0.3) is 0 Å². The minimum Gasteiger partial charge on any atom is -0.393 e. The van der Waals surface area contributed by atoms with Crippen LogP contribution in [0.3, 0.4) is 0 Å². The van der Waals surface area contributed by atoms with Gasteiger partial charge in [-0.1, -0.05) is 0 Å². The van der Waals surface area contributed by atoms with Crippen LogP contribution in [0.5, 0.6) is 0 Å². The first-order chi connectivity index (χ1) is 9.81. The standard InChI is InChI=1S/C13H18N4O4/c1-12(5-18)10(19)13(2,20)11(21-12)17-4-3-7-8(14)15-6-16-9(7)17/h3-4,6,10-11,18-20H,5H2,1-2H3,(H2,14,15,16)/t10-,11?,12-,13-/m1/s1. The van der Waals surface area contributed by atoms with E-state index in [1.54, 1.807) is 23.8 Å². The van der Waals surface area contributed by atoms with Crippen molar-refractivity contribution in [3.63, 3.8) is 0 Å². The van der Waals surface area contributed by atoms with Gasteiger partial charge < -0.3 is 30.4 Å². The predicted molar refractivity (Wildman–Crippen MR) is 74.2 cm³/mol. The molecule has 0 aromatic carbocycles. The lowest BCUT2D eigenvalue weighted by Crippen LogP contribution is -2.49. The summed E-state index contributed by atoms with van der Waals surface area (Å²) in [6.07, 6.45) is 0.817. The van der Waals surface area contributed by atoms with Crippen LogP contribution in [0.1, 0.15) is 20.1 Å². The zero-order valence-electron chi connectivity index (χ0n) is 11.8. The molecule has 0 saturated carbocycles. The fourth-order valence-corrected chi connectivity index (χ4v) is 2.83. The van der Waals surface area contributed by atoms with E-state index in [1.807, 2.05) is 0 Å². The lowest BCUT2D eigenvalue weighted by molar-refractivity contribution is -0.119. The van der Waals surface area contributed by atoms with E-state index in [0.29, 0.717) is 16.9 Å². The molecule has 1 saturated heterocycles. The topological polar surface area (TPSA) is 127 Å². The Morgan fingerprint density at radius 3 is 2.76 bits per heavy atom. The monoisotopic (exact) mass is 294 g/mol. The molecule has 3 rings (SSSR count). The van der Waals surface area contributed by atoms with E-state index in [1.165, 1.54) is 13.3 Å². The number of fused-ring (bicyclic) bond motifs is 1. The van der Waals surface area contributed by atoms with Gasteiger partial charge in [-0.25, -0.2) is 9.97 Å². The van der Waals surface area contributed by atoms with Crippen LogP contribution in [0.2, 0.25) is 0 Å². The molecule has 114 valence electrons. The number of hydrogen-bond donors (Lipinski definition) is 4. The van der Waals surface area contributed by atoms with Crippen molar-refractivity contribution in [2.45, 2.75) is 37.4 Å². The first kappa shape index (κ1) is 14.2. The van der Waals surface area contributed by atoms with Crippen molar-refractivity contribution >= 4 is 16.9 Å². The number of rotatable bonds is 2. The molecule has 2 aromatic heterocycles. The van der Waals surface area contributed by atoms with Crippen molar-refractivity contribution in [3.8, 4) is 0 Å². The molecule has 0 spiro atoms. The van der Waals surface area contributed by atoms with E-state index < -0.39 is 30.1 Å². The van der Waals surface area contributed by atoms with Crippen LogP contribution in [-0.4, -0.2) is 53.8 Å². The fourth-order valence-electron chi connectivity index (χ4n) is 2.83. The average Bonchev–Trinajstić information content (AvgIpc) is 2.94. The molecule has 0 radical (unpaired) electrons. The maximum Gasteiger partial charge on any atom is 0.167 e. The number of aliphatic hydroxyl groups excluding tert-OH is 2. The number of nitrogens with zero attached hydrogens (tertiary/aromatic N) is 3. The average molecular weight is 294 g/mol. The Morgan fingerprint density at radius 1 is 1.43 bits per heavy atom. The van der Waals surface area contributed by atoms with Gasteiger partial charge in [-0.05, 0) is 19.9 Å². The van der Waals surface area contributed by atoms with Gasteiger partial charge in [0.05, 0.1) is 12.0 Å². The SMILES string of the molecule is C[C@]1(CO)OC(n2ccc3c(N)ncnc32)[C@](C)(O)[C@@H]1O. The summed E-state index contributed by atoms with van der Waals surface area (Å²) in [6.45, 7) is 2.58. The van der Waals surface area contributed by atoms with Gasteiger partial charge in [0.2, 0.25) is 0 Å². The minimum atomic E-state index is -1.59. The molecule has 4 atom stereocenters. The molecule has 21 heavy (non-hydrogen) atoms. The first-order valence-corrected chi connectivity index (χ1v) is 6.57. The second-order valence-electron chi connectivity index (χ2n) is 5.79. The number of hydrogen-bond acceptors (Lipinski definition) is 7. The summed E-state index contributed by atoms with van der Waals surface area (Å²) in [4.78, 5) is 8.05. The van der Waals surface area contributed by atoms with Crippen LogP contribution >= 0.6 is 0 Å². The van der Waals surface area contributed by atoms with E-state index in [4.69, 9.17) is 10.5 Å². The Bertz CT molecular complexity index is 686. The highest BCUT2D eigenvalue weighted by atomic mass is 16.6. The van der Waals surface area contributed by atoms with Gasteiger partial charge >= 0.3 is 0 Å². The molecule has 3 heterocycles. The van der Waals surface area contributed by atoms with E-state index in [9.17, 15) is 15.3 Å². The van der Waals surface area contributed by atoms with Crippen LogP contribution in [0.4, 0.5) is 5.82 Å². The Kier molecular flexibility index (Phi) is 2.96. The number of aliphatic hydroxyl groups is 3. The zero-order valence-corrected chi connectivity index (χ0v) is 11.8. The van der Waals surface area contributed by atoms with Gasteiger partial charge in [0.1, 0.15) is 35.1 Å². The van der Waals surface area contributed by atoms with Crippen molar-refractivity contribution in [1.29, 1.82) is 0 Å². The van der Waals surface area contributed by atoms with Crippen molar-refractivity contribution in [1.82, 2.24) is 14.5 Å². The molecule has 1 fully saturated rings. The predicted octanol–water partition coefficient (Wildman–Crippen LogP) is -0.595. The molecule has 0 amide bonds. The summed E-state index contributed by atoms with van der Waals surface area (Å²) in [5.41, 5.74) is 3.42. The fraction of sp³-hybridized carbons (Fsp3) is 0.538. The van der Waals surface area contributed by atoms with Crippen molar-refractivity contribution < 1.29 is 20.1 Å². The van der Waals surface area contributed by atoms with E-state index >= 15 is 0 Å². The van der Waals surface area contributed by atoms with Gasteiger partial charge in [0.15, 0.2) is 6.23 Å². The third-order valence-corrected chi connectivity index (χ3v) is 4.12. The molecule has 5 N–H and O–H groups in total. The zero-order chi connectivity index (χ0) is 15.4. The van der Waals surface area contributed by atoms with Gasteiger partial charge in [0, 0.05) is 6.20 Å². The van der Waals surface area contributed by atoms with Gasteiger partial charge in [-0.2, -0.15) is 0 Å². The van der Waals surface area contributed by atoms with Gasteiger partial charge in [-0.3, -0.25) is 0 Å². The first-order valence-electron chi connectivity index (χ1n) is 6.57. The molecule has 0 bridgehead atoms. The van der Waals surface area contributed by atoms with E-state index in [0.717, 1.165) is 0 Å². The van der Waals surface area contributed by atoms with Crippen LogP contribution in [0.25, 0.3) is 11.0 Å². The lowest BCUT2D eigenvalue weighted by Gasteiger charge is -2.28. The summed E-state index contributed by atoms with van der Waals surface area (Å²) >= 11 is 0. The number of ether oxygens (including phenoxy) is 1. The molecular weight excluding hydrogens is 276 g/mol. The highest BCUT2D eigenvalue weighted by Gasteiger charge is 2.59. The Morgan fingerprint density at radius 2 is 2.14 bits per heavy atom. The molecular formula is C13H18N4O4. The quantitative estimate of drug-likeness (QED) is 0.582. The normalized spacial score (nSPS) is 36.4. The molecule has 8 nitrogen and oxygen atoms in total. The highest BCUT2D eigenvalue weighted by molar-refractivity contribution is 5.86. The summed E-state index contributed by atoms with van der Waals surface area (Å²) in [6, 6.07) is 1.71. The largest absolute Gasteiger partial charge is 0.393 e. The smallest absolute Gasteiger partial charge is 0.167 e. The third kappa shape index (κ3) is 1.84. The molecule has 1 aliphatic rings. The van der Waals surface area contributed by atoms with Crippen molar-refractivity contribution in [2.24, 2.45) is 0 Å². The molecule has 1 aliphatic heterocycles. The van der Waals surface area contributed by atoms with Crippen LogP contribution in [-0.2, 0) is 4.74 Å². The van der Waals surface area contributed by atoms with Crippen LogP contribution in [0.15, 0.2) is 18.6 Å². The minimum absolute atomic E-state index is 0.321. The van der Waals surface area contributed by atoms with Crippen molar-refractivity contribution in [2.75, 3.05) is 12.3 Å². The Labute approximate surface area is 120 Å². The molecule has 0 aliphatic carbocycles. The molecule has 2 aromatic rings. The summed E-state index contributed by atoms with van der Waals surface area (Å²) < 4.78 is 7.31. The number of aromatic nitrogens is 3. The van der Waals surface area contributed by atoms with E-state index in [2.05, 4.69) is 9.97 Å². The third-order valence-electron chi connectivity index (χ3n) is 4.12. The number of nitrogen functional groups attached to an aromatic ring is 1. The molecule has 1 unspecified atom stereocenters. The summed E-state index contributed by atoms with van der Waals surface area (Å²) in [5.74, 6) is 0.321. The number of nitrogens with two attached hydrogens (primary N) is 1. The molecule has 8 heteroatoms. The second kappa shape index (κ2) is 4.38. The lowest BCUT2D eigenvalue weighted by atomic mass is 9.89. The van der Waals surface area contributed by atoms with Crippen LogP contribution < -0.4 is 5.73 Å². The second-order valence-corrected chi connectivity index (χ2v) is 5.79. The highest BCUT2D eigenvalue weighted by Crippen LogP contribution is 2.45.